The molecule has 130 valence electrons. The van der Waals surface area contributed by atoms with Gasteiger partial charge < -0.3 is 25.5 Å². The van der Waals surface area contributed by atoms with Crippen molar-refractivity contribution < 1.29 is 14.3 Å². The molecule has 0 aliphatic carbocycles. The van der Waals surface area contributed by atoms with Crippen molar-refractivity contribution in [3.05, 3.63) is 41.7 Å². The van der Waals surface area contributed by atoms with Gasteiger partial charge in [0.25, 0.3) is 5.91 Å². The van der Waals surface area contributed by atoms with E-state index in [2.05, 4.69) is 20.3 Å². The molecule has 0 fully saturated rings. The van der Waals surface area contributed by atoms with E-state index >= 15 is 0 Å². The van der Waals surface area contributed by atoms with E-state index in [1.807, 2.05) is 6.07 Å². The highest BCUT2D eigenvalue weighted by molar-refractivity contribution is 5.97. The first-order chi connectivity index (χ1) is 12.7. The summed E-state index contributed by atoms with van der Waals surface area (Å²) in [6.45, 7) is 0.809. The molecule has 3 aromatic rings. The number of nitrogens with two attached hydrogens (primary N) is 1. The smallest absolute Gasteiger partial charge is 0.253 e. The molecule has 2 aromatic heterocycles. The summed E-state index contributed by atoms with van der Waals surface area (Å²) in [6.07, 6.45) is 2.44. The van der Waals surface area contributed by atoms with Crippen molar-refractivity contribution in [1.29, 1.82) is 0 Å². The molecule has 0 spiro atoms. The van der Waals surface area contributed by atoms with E-state index in [1.54, 1.807) is 24.4 Å². The lowest BCUT2D eigenvalue weighted by Crippen LogP contribution is -2.31. The van der Waals surface area contributed by atoms with Crippen LogP contribution in [0.15, 0.2) is 30.5 Å². The van der Waals surface area contributed by atoms with Gasteiger partial charge in [-0.1, -0.05) is 0 Å². The molecule has 4 N–H and O–H groups in total. The van der Waals surface area contributed by atoms with Crippen LogP contribution in [0.25, 0.3) is 22.8 Å². The highest BCUT2D eigenvalue weighted by Crippen LogP contribution is 2.39. The number of ether oxygens (including phenoxy) is 2. The molecule has 0 atom stereocenters. The summed E-state index contributed by atoms with van der Waals surface area (Å²) in [7, 11) is 0. The minimum atomic E-state index is -0.0666. The molecule has 1 amide bonds. The fourth-order valence-corrected chi connectivity index (χ4v) is 3.22. The van der Waals surface area contributed by atoms with Crippen LogP contribution in [0.5, 0.6) is 11.5 Å². The number of carbonyl (C=O) groups excluding carboxylic acids is 1. The Labute approximate surface area is 148 Å². The number of amides is 1. The van der Waals surface area contributed by atoms with E-state index < -0.39 is 0 Å². The van der Waals surface area contributed by atoms with Gasteiger partial charge in [-0.3, -0.25) is 4.79 Å². The number of fused-ring (bicyclic) bond motifs is 2. The van der Waals surface area contributed by atoms with E-state index in [9.17, 15) is 4.79 Å². The average molecular weight is 349 g/mol. The summed E-state index contributed by atoms with van der Waals surface area (Å²) in [5.41, 5.74) is 10.4. The molecule has 1 aromatic carbocycles. The monoisotopic (exact) mass is 349 g/mol. The Morgan fingerprint density at radius 2 is 1.96 bits per heavy atom. The first kappa shape index (κ1) is 14.8. The second-order valence-electron chi connectivity index (χ2n) is 6.14. The fraction of sp³-hybridized carbons (Fsp3) is 0.167. The van der Waals surface area contributed by atoms with E-state index in [-0.39, 0.29) is 12.7 Å². The van der Waals surface area contributed by atoms with Gasteiger partial charge >= 0.3 is 0 Å². The number of anilines is 1. The zero-order chi connectivity index (χ0) is 17.7. The van der Waals surface area contributed by atoms with Crippen molar-refractivity contribution in [3.63, 3.8) is 0 Å². The van der Waals surface area contributed by atoms with Gasteiger partial charge in [0.15, 0.2) is 17.3 Å². The number of aromatic amines is 1. The number of benzene rings is 1. The zero-order valence-electron chi connectivity index (χ0n) is 13.7. The summed E-state index contributed by atoms with van der Waals surface area (Å²) < 4.78 is 10.7. The fourth-order valence-electron chi connectivity index (χ4n) is 3.22. The quantitative estimate of drug-likeness (QED) is 0.607. The Bertz CT molecular complexity index is 1040. The summed E-state index contributed by atoms with van der Waals surface area (Å²) >= 11 is 0. The van der Waals surface area contributed by atoms with Crippen LogP contribution in [0.2, 0.25) is 0 Å². The molecular formula is C18H15N5O3. The second-order valence-corrected chi connectivity index (χ2v) is 6.14. The van der Waals surface area contributed by atoms with Gasteiger partial charge in [-0.15, -0.1) is 0 Å². The van der Waals surface area contributed by atoms with Crippen molar-refractivity contribution in [3.8, 4) is 34.3 Å². The first-order valence-electron chi connectivity index (χ1n) is 8.22. The third-order valence-electron chi connectivity index (χ3n) is 4.52. The second kappa shape index (κ2) is 5.48. The van der Waals surface area contributed by atoms with Crippen LogP contribution < -0.4 is 20.5 Å². The van der Waals surface area contributed by atoms with Gasteiger partial charge in [0.1, 0.15) is 0 Å². The van der Waals surface area contributed by atoms with Crippen molar-refractivity contribution >= 4 is 11.6 Å². The molecule has 0 unspecified atom stereocenters. The Morgan fingerprint density at radius 3 is 2.81 bits per heavy atom. The van der Waals surface area contributed by atoms with Crippen LogP contribution in [0.3, 0.4) is 0 Å². The molecule has 0 saturated heterocycles. The summed E-state index contributed by atoms with van der Waals surface area (Å²) in [5, 5.41) is 2.84. The topological polar surface area (TPSA) is 115 Å². The highest BCUT2D eigenvalue weighted by Gasteiger charge is 2.21. The molecule has 5 rings (SSSR count). The van der Waals surface area contributed by atoms with Crippen molar-refractivity contribution in [2.45, 2.75) is 6.42 Å². The maximum atomic E-state index is 12.0. The average Bonchev–Trinajstić information content (AvgIpc) is 3.28. The van der Waals surface area contributed by atoms with Gasteiger partial charge in [0.05, 0.1) is 17.0 Å². The molecule has 0 saturated carbocycles. The maximum Gasteiger partial charge on any atom is 0.253 e. The first-order valence-corrected chi connectivity index (χ1v) is 8.22. The van der Waals surface area contributed by atoms with Crippen molar-refractivity contribution in [2.75, 3.05) is 19.1 Å². The van der Waals surface area contributed by atoms with E-state index in [1.165, 1.54) is 0 Å². The largest absolute Gasteiger partial charge is 0.454 e. The standard InChI is InChI=1S/C18H15N5O3/c19-11-7-16-15(25-8-26-16)6-9(11)17-20-3-2-13(23-17)14-5-10-12(22-14)1-4-21-18(10)24/h2-3,5-7,22H,1,4,8,19H2,(H,21,24). The van der Waals surface area contributed by atoms with Gasteiger partial charge in [0, 0.05) is 42.2 Å². The van der Waals surface area contributed by atoms with Gasteiger partial charge in [-0.05, 0) is 18.2 Å². The maximum absolute atomic E-state index is 12.0. The van der Waals surface area contributed by atoms with Gasteiger partial charge in [-0.2, -0.15) is 0 Å². The normalized spacial score (nSPS) is 14.8. The molecule has 0 radical (unpaired) electrons. The minimum Gasteiger partial charge on any atom is -0.454 e. The number of hydrogen-bond acceptors (Lipinski definition) is 6. The lowest BCUT2D eigenvalue weighted by Gasteiger charge is -2.10. The highest BCUT2D eigenvalue weighted by atomic mass is 16.7. The molecule has 26 heavy (non-hydrogen) atoms. The Morgan fingerprint density at radius 1 is 1.12 bits per heavy atom. The van der Waals surface area contributed by atoms with Crippen LogP contribution in [0.4, 0.5) is 5.69 Å². The van der Waals surface area contributed by atoms with Crippen LogP contribution in [0.1, 0.15) is 16.1 Å². The molecule has 0 bridgehead atoms. The van der Waals surface area contributed by atoms with Gasteiger partial charge in [0.2, 0.25) is 6.79 Å². The molecule has 8 heteroatoms. The Kier molecular flexibility index (Phi) is 3.11. The lowest BCUT2D eigenvalue weighted by atomic mass is 10.1. The molecule has 4 heterocycles. The number of hydrogen-bond donors (Lipinski definition) is 3. The SMILES string of the molecule is Nc1cc2c(cc1-c1nccc(-c3cc4c([nH]3)CCNC4=O)n1)OCO2. The van der Waals surface area contributed by atoms with Gasteiger partial charge in [-0.25, -0.2) is 9.97 Å². The zero-order valence-corrected chi connectivity index (χ0v) is 13.7. The van der Waals surface area contributed by atoms with E-state index in [4.69, 9.17) is 15.2 Å². The van der Waals surface area contributed by atoms with E-state index in [0.29, 0.717) is 46.4 Å². The lowest BCUT2D eigenvalue weighted by molar-refractivity contribution is 0.0946. The number of carbonyl (C=O) groups is 1. The van der Waals surface area contributed by atoms with Crippen molar-refractivity contribution in [1.82, 2.24) is 20.3 Å². The predicted octanol–water partition coefficient (Wildman–Crippen LogP) is 1.74. The number of rotatable bonds is 2. The van der Waals surface area contributed by atoms with Crippen LogP contribution in [0, 0.1) is 0 Å². The van der Waals surface area contributed by atoms with Crippen LogP contribution in [-0.4, -0.2) is 34.2 Å². The van der Waals surface area contributed by atoms with E-state index in [0.717, 1.165) is 17.8 Å². The minimum absolute atomic E-state index is 0.0666. The molecular weight excluding hydrogens is 334 g/mol. The van der Waals surface area contributed by atoms with Crippen LogP contribution >= 0.6 is 0 Å². The Balaban J connectivity index is 1.57. The molecule has 2 aliphatic heterocycles. The number of aromatic nitrogens is 3. The number of nitrogens with zero attached hydrogens (tertiary/aromatic N) is 2. The summed E-state index contributed by atoms with van der Waals surface area (Å²) in [4.78, 5) is 24.2. The van der Waals surface area contributed by atoms with Crippen molar-refractivity contribution in [2.24, 2.45) is 0 Å². The third-order valence-corrected chi connectivity index (χ3v) is 4.52. The summed E-state index contributed by atoms with van der Waals surface area (Å²) in [6, 6.07) is 7.11. The molecule has 2 aliphatic rings. The third kappa shape index (κ3) is 2.26. The Hall–Kier alpha value is -3.55. The molecule has 8 nitrogen and oxygen atoms in total. The number of H-pyrrole nitrogens is 1. The number of nitrogens with one attached hydrogen (secondary N) is 2. The number of nitrogen functional groups attached to an aromatic ring is 1. The summed E-state index contributed by atoms with van der Waals surface area (Å²) in [5.74, 6) is 1.65. The van der Waals surface area contributed by atoms with Crippen LogP contribution in [-0.2, 0) is 6.42 Å². The predicted molar refractivity (Wildman–Crippen MR) is 93.8 cm³/mol.